The van der Waals surface area contributed by atoms with Gasteiger partial charge in [0.25, 0.3) is 0 Å². The van der Waals surface area contributed by atoms with Crippen LogP contribution in [-0.2, 0) is 15.6 Å². The number of hydrogen-bond donors (Lipinski definition) is 1. The molecule has 1 aromatic heterocycles. The molecule has 19 heavy (non-hydrogen) atoms. The second-order valence-electron chi connectivity index (χ2n) is 4.84. The molecule has 7 heteroatoms. The van der Waals surface area contributed by atoms with Crippen molar-refractivity contribution < 1.29 is 8.42 Å². The zero-order valence-electron chi connectivity index (χ0n) is 10.9. The van der Waals surface area contributed by atoms with E-state index in [0.717, 1.165) is 0 Å². The van der Waals surface area contributed by atoms with E-state index in [2.05, 4.69) is 20.6 Å². The van der Waals surface area contributed by atoms with Gasteiger partial charge in [0, 0.05) is 5.56 Å². The van der Waals surface area contributed by atoms with Gasteiger partial charge in [-0.3, -0.25) is 0 Å². The first-order chi connectivity index (χ1) is 8.98. The van der Waals surface area contributed by atoms with Crippen LogP contribution in [0.3, 0.4) is 0 Å². The van der Waals surface area contributed by atoms with Crippen molar-refractivity contribution >= 4 is 9.84 Å². The van der Waals surface area contributed by atoms with Crippen LogP contribution in [0.15, 0.2) is 24.3 Å². The highest BCUT2D eigenvalue weighted by molar-refractivity contribution is 7.90. The molecule has 2 rings (SSSR count). The summed E-state index contributed by atoms with van der Waals surface area (Å²) in [5.41, 5.74) is 1.40. The number of rotatable bonds is 5. The van der Waals surface area contributed by atoms with Crippen LogP contribution in [0.5, 0.6) is 0 Å². The van der Waals surface area contributed by atoms with Crippen LogP contribution in [0, 0.1) is 5.92 Å². The maximum atomic E-state index is 12.1. The first-order valence-electron chi connectivity index (χ1n) is 6.00. The number of nitrogens with zero attached hydrogens (tertiary/aromatic N) is 3. The quantitative estimate of drug-likeness (QED) is 0.895. The fourth-order valence-corrected chi connectivity index (χ4v) is 3.80. The standard InChI is InChI=1S/C12H16N4O2S/c1-9(2)7-19(17,18)8-10-5-3-4-6-11(10)12-13-15-16-14-12/h3-6,9H,7-8H2,1-2H3,(H,13,14,15,16). The summed E-state index contributed by atoms with van der Waals surface area (Å²) in [6, 6.07) is 7.21. The van der Waals surface area contributed by atoms with Gasteiger partial charge in [0.05, 0.1) is 11.5 Å². The van der Waals surface area contributed by atoms with Gasteiger partial charge < -0.3 is 0 Å². The summed E-state index contributed by atoms with van der Waals surface area (Å²) in [4.78, 5) is 0. The molecule has 1 N–H and O–H groups in total. The Hall–Kier alpha value is -1.76. The third-order valence-electron chi connectivity index (χ3n) is 2.57. The van der Waals surface area contributed by atoms with Gasteiger partial charge in [0.1, 0.15) is 0 Å². The monoisotopic (exact) mass is 280 g/mol. The lowest BCUT2D eigenvalue weighted by Gasteiger charge is -2.09. The molecule has 0 spiro atoms. The predicted octanol–water partition coefficient (Wildman–Crippen LogP) is 1.44. The first kappa shape index (κ1) is 13.7. The number of benzene rings is 1. The molecule has 102 valence electrons. The zero-order chi connectivity index (χ0) is 13.9. The highest BCUT2D eigenvalue weighted by Gasteiger charge is 2.18. The molecular weight excluding hydrogens is 264 g/mol. The van der Waals surface area contributed by atoms with Gasteiger partial charge in [-0.2, -0.15) is 5.21 Å². The van der Waals surface area contributed by atoms with Crippen LogP contribution >= 0.6 is 0 Å². The summed E-state index contributed by atoms with van der Waals surface area (Å²) in [6.45, 7) is 3.78. The number of H-pyrrole nitrogens is 1. The molecule has 0 amide bonds. The van der Waals surface area contributed by atoms with Gasteiger partial charge in [-0.1, -0.05) is 38.1 Å². The fraction of sp³-hybridized carbons (Fsp3) is 0.417. The molecule has 0 unspecified atom stereocenters. The van der Waals surface area contributed by atoms with Crippen molar-refractivity contribution in [2.45, 2.75) is 19.6 Å². The minimum atomic E-state index is -3.13. The molecule has 0 aliphatic rings. The van der Waals surface area contributed by atoms with Crippen LogP contribution in [-0.4, -0.2) is 34.8 Å². The first-order valence-corrected chi connectivity index (χ1v) is 7.82. The minimum Gasteiger partial charge on any atom is -0.228 e. The third-order valence-corrected chi connectivity index (χ3v) is 4.49. The van der Waals surface area contributed by atoms with Crippen molar-refractivity contribution in [3.05, 3.63) is 29.8 Å². The maximum Gasteiger partial charge on any atom is 0.204 e. The normalized spacial score (nSPS) is 11.9. The fourth-order valence-electron chi connectivity index (χ4n) is 1.94. The van der Waals surface area contributed by atoms with Crippen molar-refractivity contribution in [3.8, 4) is 11.4 Å². The van der Waals surface area contributed by atoms with Gasteiger partial charge in [-0.25, -0.2) is 8.42 Å². The van der Waals surface area contributed by atoms with Crippen molar-refractivity contribution in [3.63, 3.8) is 0 Å². The number of aromatic nitrogens is 4. The molecule has 0 fully saturated rings. The molecule has 1 heterocycles. The zero-order valence-corrected chi connectivity index (χ0v) is 11.7. The molecule has 2 aromatic rings. The van der Waals surface area contributed by atoms with E-state index >= 15 is 0 Å². The van der Waals surface area contributed by atoms with Gasteiger partial charge in [0.2, 0.25) is 5.82 Å². The topological polar surface area (TPSA) is 88.6 Å². The molecule has 0 aliphatic carbocycles. The van der Waals surface area contributed by atoms with Gasteiger partial charge in [-0.05, 0) is 16.7 Å². The van der Waals surface area contributed by atoms with Crippen LogP contribution in [0.1, 0.15) is 19.4 Å². The molecule has 0 bridgehead atoms. The third kappa shape index (κ3) is 3.60. The molecule has 1 aromatic carbocycles. The summed E-state index contributed by atoms with van der Waals surface area (Å²) >= 11 is 0. The molecule has 0 radical (unpaired) electrons. The van der Waals surface area contributed by atoms with E-state index in [9.17, 15) is 8.42 Å². The number of hydrogen-bond acceptors (Lipinski definition) is 5. The number of aromatic amines is 1. The average molecular weight is 280 g/mol. The van der Waals surface area contributed by atoms with Crippen LogP contribution < -0.4 is 0 Å². The largest absolute Gasteiger partial charge is 0.228 e. The van der Waals surface area contributed by atoms with E-state index < -0.39 is 9.84 Å². The Kier molecular flexibility index (Phi) is 3.94. The summed E-state index contributed by atoms with van der Waals surface area (Å²) in [6.07, 6.45) is 0. The number of nitrogens with one attached hydrogen (secondary N) is 1. The maximum absolute atomic E-state index is 12.1. The molecule has 0 saturated carbocycles. The van der Waals surface area contributed by atoms with Crippen LogP contribution in [0.2, 0.25) is 0 Å². The second-order valence-corrected chi connectivity index (χ2v) is 6.95. The highest BCUT2D eigenvalue weighted by atomic mass is 32.2. The summed E-state index contributed by atoms with van der Waals surface area (Å²) < 4.78 is 24.1. The Balaban J connectivity index is 2.32. The Morgan fingerprint density at radius 2 is 2.00 bits per heavy atom. The number of tetrazole rings is 1. The van der Waals surface area contributed by atoms with Gasteiger partial charge >= 0.3 is 0 Å². The molecule has 6 nitrogen and oxygen atoms in total. The van der Waals surface area contributed by atoms with E-state index in [-0.39, 0.29) is 17.4 Å². The predicted molar refractivity (Wildman–Crippen MR) is 71.9 cm³/mol. The lowest BCUT2D eigenvalue weighted by molar-refractivity contribution is 0.581. The van der Waals surface area contributed by atoms with E-state index in [1.807, 2.05) is 26.0 Å². The number of sulfone groups is 1. The smallest absolute Gasteiger partial charge is 0.204 e. The SMILES string of the molecule is CC(C)CS(=O)(=O)Cc1ccccc1-c1nn[nH]n1. The summed E-state index contributed by atoms with van der Waals surface area (Å²) in [5.74, 6) is 0.696. The Morgan fingerprint density at radius 3 is 2.63 bits per heavy atom. The Labute approximate surface area is 112 Å². The Morgan fingerprint density at radius 1 is 1.26 bits per heavy atom. The lowest BCUT2D eigenvalue weighted by Crippen LogP contribution is -2.14. The summed E-state index contributed by atoms with van der Waals surface area (Å²) in [7, 11) is -3.13. The lowest BCUT2D eigenvalue weighted by atomic mass is 10.1. The minimum absolute atomic E-state index is 0.00407. The highest BCUT2D eigenvalue weighted by Crippen LogP contribution is 2.21. The van der Waals surface area contributed by atoms with Crippen molar-refractivity contribution in [2.24, 2.45) is 5.92 Å². The average Bonchev–Trinajstić information content (AvgIpc) is 2.80. The molecule has 0 aliphatic heterocycles. The van der Waals surface area contributed by atoms with E-state index in [1.54, 1.807) is 12.1 Å². The van der Waals surface area contributed by atoms with Crippen molar-refractivity contribution in [1.29, 1.82) is 0 Å². The van der Waals surface area contributed by atoms with Crippen LogP contribution in [0.4, 0.5) is 0 Å². The van der Waals surface area contributed by atoms with E-state index in [0.29, 0.717) is 17.0 Å². The molecule has 0 saturated heterocycles. The molecule has 0 atom stereocenters. The summed E-state index contributed by atoms with van der Waals surface area (Å²) in [5, 5.41) is 13.7. The van der Waals surface area contributed by atoms with E-state index in [1.165, 1.54) is 0 Å². The van der Waals surface area contributed by atoms with E-state index in [4.69, 9.17) is 0 Å². The second kappa shape index (κ2) is 5.48. The molecular formula is C12H16N4O2S. The van der Waals surface area contributed by atoms with Crippen molar-refractivity contribution in [1.82, 2.24) is 20.6 Å². The van der Waals surface area contributed by atoms with Crippen LogP contribution in [0.25, 0.3) is 11.4 Å². The van der Waals surface area contributed by atoms with Gasteiger partial charge in [0.15, 0.2) is 9.84 Å². The van der Waals surface area contributed by atoms with Gasteiger partial charge in [-0.15, -0.1) is 10.2 Å². The van der Waals surface area contributed by atoms with Crippen molar-refractivity contribution in [2.75, 3.05) is 5.75 Å². The Bertz CT molecular complexity index is 636.